The first-order valence-corrected chi connectivity index (χ1v) is 6.68. The number of benzene rings is 1. The van der Waals surface area contributed by atoms with Crippen molar-refractivity contribution in [1.82, 2.24) is 0 Å². The van der Waals surface area contributed by atoms with Gasteiger partial charge in [0.1, 0.15) is 23.2 Å². The molecule has 0 fully saturated rings. The fraction of sp³-hybridized carbons (Fsp3) is 0.500. The van der Waals surface area contributed by atoms with E-state index in [2.05, 4.69) is 26.5 Å². The Hall–Kier alpha value is -1.21. The summed E-state index contributed by atoms with van der Waals surface area (Å²) in [5, 5.41) is 8.92. The quantitative estimate of drug-likeness (QED) is 0.795. The minimum Gasteiger partial charge on any atom is -0.491 e. The summed E-state index contributed by atoms with van der Waals surface area (Å²) in [5.41, 5.74) is -0.0555. The molecule has 0 saturated carbocycles. The molecule has 0 heterocycles. The largest absolute Gasteiger partial charge is 0.491 e. The lowest BCUT2D eigenvalue weighted by Crippen LogP contribution is -2.29. The Morgan fingerprint density at radius 2 is 2.06 bits per heavy atom. The van der Waals surface area contributed by atoms with Crippen LogP contribution in [0.5, 0.6) is 5.75 Å². The second kappa shape index (κ2) is 6.65. The summed E-state index contributed by atoms with van der Waals surface area (Å²) in [5.74, 6) is 0.474. The summed E-state index contributed by atoms with van der Waals surface area (Å²) in [7, 11) is 0. The standard InChI is InChI=1S/C14H18FNOS/c1-3-14(4-2,10-18)9-17-13-7-5-6-12(15)11(13)8-16/h5-7,18H,3-4,9-10H2,1-2H3. The van der Waals surface area contributed by atoms with Gasteiger partial charge in [0.2, 0.25) is 0 Å². The van der Waals surface area contributed by atoms with E-state index in [1.165, 1.54) is 6.07 Å². The molecule has 0 aromatic heterocycles. The predicted molar refractivity (Wildman–Crippen MR) is 73.5 cm³/mol. The normalized spacial score (nSPS) is 11.1. The van der Waals surface area contributed by atoms with Crippen LogP contribution in [-0.2, 0) is 0 Å². The van der Waals surface area contributed by atoms with E-state index in [0.29, 0.717) is 18.1 Å². The number of ether oxygens (including phenoxy) is 1. The molecule has 0 saturated heterocycles. The van der Waals surface area contributed by atoms with Gasteiger partial charge in [0.05, 0.1) is 6.61 Å². The van der Waals surface area contributed by atoms with Crippen LogP contribution in [0.4, 0.5) is 4.39 Å². The van der Waals surface area contributed by atoms with E-state index in [0.717, 1.165) is 12.8 Å². The monoisotopic (exact) mass is 267 g/mol. The van der Waals surface area contributed by atoms with Gasteiger partial charge in [-0.1, -0.05) is 19.9 Å². The van der Waals surface area contributed by atoms with Crippen molar-refractivity contribution in [1.29, 1.82) is 5.26 Å². The first-order valence-electron chi connectivity index (χ1n) is 6.04. The molecule has 0 aliphatic rings. The Kier molecular flexibility index (Phi) is 5.49. The van der Waals surface area contributed by atoms with Crippen LogP contribution in [0.15, 0.2) is 18.2 Å². The highest BCUT2D eigenvalue weighted by Gasteiger charge is 2.26. The van der Waals surface area contributed by atoms with Crippen LogP contribution in [0.25, 0.3) is 0 Å². The number of rotatable bonds is 6. The molecule has 4 heteroatoms. The van der Waals surface area contributed by atoms with Crippen LogP contribution in [0, 0.1) is 22.6 Å². The van der Waals surface area contributed by atoms with Gasteiger partial charge in [-0.2, -0.15) is 17.9 Å². The lowest BCUT2D eigenvalue weighted by Gasteiger charge is -2.29. The summed E-state index contributed by atoms with van der Waals surface area (Å²) in [6, 6.07) is 6.26. The Balaban J connectivity index is 2.87. The molecule has 1 aromatic carbocycles. The Labute approximate surface area is 113 Å². The van der Waals surface area contributed by atoms with E-state index in [9.17, 15) is 4.39 Å². The van der Waals surface area contributed by atoms with E-state index in [-0.39, 0.29) is 11.0 Å². The van der Waals surface area contributed by atoms with Gasteiger partial charge in [0.15, 0.2) is 0 Å². The number of hydrogen-bond donors (Lipinski definition) is 1. The average Bonchev–Trinajstić information content (AvgIpc) is 2.41. The molecular weight excluding hydrogens is 249 g/mol. The lowest BCUT2D eigenvalue weighted by atomic mass is 9.85. The van der Waals surface area contributed by atoms with Gasteiger partial charge in [-0.3, -0.25) is 0 Å². The summed E-state index contributed by atoms with van der Waals surface area (Å²) >= 11 is 4.36. The molecule has 0 amide bonds. The van der Waals surface area contributed by atoms with Gasteiger partial charge in [0.25, 0.3) is 0 Å². The maximum Gasteiger partial charge on any atom is 0.144 e. The molecule has 0 bridgehead atoms. The number of thiol groups is 1. The molecule has 0 N–H and O–H groups in total. The molecule has 1 aromatic rings. The van der Waals surface area contributed by atoms with Crippen molar-refractivity contribution in [3.8, 4) is 11.8 Å². The van der Waals surface area contributed by atoms with Crippen LogP contribution in [0.3, 0.4) is 0 Å². The van der Waals surface area contributed by atoms with Gasteiger partial charge in [-0.05, 0) is 30.7 Å². The van der Waals surface area contributed by atoms with E-state index in [1.54, 1.807) is 12.1 Å². The van der Waals surface area contributed by atoms with Gasteiger partial charge in [-0.25, -0.2) is 4.39 Å². The highest BCUT2D eigenvalue weighted by molar-refractivity contribution is 7.80. The van der Waals surface area contributed by atoms with Crippen LogP contribution >= 0.6 is 12.6 Å². The number of nitrogens with zero attached hydrogens (tertiary/aromatic N) is 1. The number of halogens is 1. The highest BCUT2D eigenvalue weighted by atomic mass is 32.1. The smallest absolute Gasteiger partial charge is 0.144 e. The fourth-order valence-electron chi connectivity index (χ4n) is 1.69. The molecule has 0 spiro atoms. The second-order valence-corrected chi connectivity index (χ2v) is 4.69. The minimum absolute atomic E-state index is 0.0256. The van der Waals surface area contributed by atoms with Crippen molar-refractivity contribution in [3.63, 3.8) is 0 Å². The molecule has 0 atom stereocenters. The zero-order chi connectivity index (χ0) is 13.6. The molecule has 2 nitrogen and oxygen atoms in total. The zero-order valence-electron chi connectivity index (χ0n) is 10.7. The molecule has 0 aliphatic carbocycles. The van der Waals surface area contributed by atoms with Crippen molar-refractivity contribution in [2.45, 2.75) is 26.7 Å². The minimum atomic E-state index is -0.542. The van der Waals surface area contributed by atoms with Crippen molar-refractivity contribution < 1.29 is 9.13 Å². The average molecular weight is 267 g/mol. The van der Waals surface area contributed by atoms with Crippen molar-refractivity contribution in [2.75, 3.05) is 12.4 Å². The molecule has 18 heavy (non-hydrogen) atoms. The summed E-state index contributed by atoms with van der Waals surface area (Å²) < 4.78 is 19.0. The first kappa shape index (κ1) is 14.8. The van der Waals surface area contributed by atoms with Gasteiger partial charge < -0.3 is 4.74 Å². The van der Waals surface area contributed by atoms with Crippen LogP contribution in [-0.4, -0.2) is 12.4 Å². The second-order valence-electron chi connectivity index (χ2n) is 4.38. The Morgan fingerprint density at radius 3 is 2.56 bits per heavy atom. The Morgan fingerprint density at radius 1 is 1.39 bits per heavy atom. The lowest BCUT2D eigenvalue weighted by molar-refractivity contribution is 0.156. The molecule has 0 aliphatic heterocycles. The van der Waals surface area contributed by atoms with Crippen molar-refractivity contribution in [3.05, 3.63) is 29.6 Å². The summed E-state index contributed by atoms with van der Waals surface area (Å²) in [6.07, 6.45) is 1.87. The Bertz CT molecular complexity index is 430. The SMILES string of the molecule is CCC(CC)(CS)COc1cccc(F)c1C#N. The predicted octanol–water partition coefficient (Wildman–Crippen LogP) is 3.81. The topological polar surface area (TPSA) is 33.0 Å². The third-order valence-corrected chi connectivity index (χ3v) is 4.13. The summed E-state index contributed by atoms with van der Waals surface area (Å²) in [6.45, 7) is 4.61. The third kappa shape index (κ3) is 3.17. The van der Waals surface area contributed by atoms with Crippen molar-refractivity contribution in [2.24, 2.45) is 5.41 Å². The molecule has 98 valence electrons. The van der Waals surface area contributed by atoms with E-state index >= 15 is 0 Å². The van der Waals surface area contributed by atoms with E-state index < -0.39 is 5.82 Å². The van der Waals surface area contributed by atoms with Crippen LogP contribution in [0.2, 0.25) is 0 Å². The highest BCUT2D eigenvalue weighted by Crippen LogP contribution is 2.30. The maximum atomic E-state index is 13.4. The number of nitriles is 1. The van der Waals surface area contributed by atoms with Crippen LogP contribution < -0.4 is 4.74 Å². The number of hydrogen-bond acceptors (Lipinski definition) is 3. The zero-order valence-corrected chi connectivity index (χ0v) is 11.6. The van der Waals surface area contributed by atoms with E-state index in [1.807, 2.05) is 6.07 Å². The first-order chi connectivity index (χ1) is 8.62. The molecular formula is C14H18FNOS. The van der Waals surface area contributed by atoms with Crippen LogP contribution in [0.1, 0.15) is 32.3 Å². The third-order valence-electron chi connectivity index (χ3n) is 3.46. The molecule has 0 unspecified atom stereocenters. The van der Waals surface area contributed by atoms with Crippen molar-refractivity contribution >= 4 is 12.6 Å². The molecule has 1 rings (SSSR count). The van der Waals surface area contributed by atoms with Gasteiger partial charge in [-0.15, -0.1) is 0 Å². The summed E-state index contributed by atoms with van der Waals surface area (Å²) in [4.78, 5) is 0. The fourth-order valence-corrected chi connectivity index (χ4v) is 2.23. The maximum absolute atomic E-state index is 13.4. The van der Waals surface area contributed by atoms with Gasteiger partial charge in [0, 0.05) is 5.41 Å². The van der Waals surface area contributed by atoms with Gasteiger partial charge >= 0.3 is 0 Å². The molecule has 0 radical (unpaired) electrons. The van der Waals surface area contributed by atoms with E-state index in [4.69, 9.17) is 10.00 Å².